The van der Waals surface area contributed by atoms with Gasteiger partial charge < -0.3 is 14.6 Å². The van der Waals surface area contributed by atoms with Crippen molar-refractivity contribution in [3.63, 3.8) is 0 Å². The van der Waals surface area contributed by atoms with Crippen LogP contribution in [0.5, 0.6) is 0 Å². The van der Waals surface area contributed by atoms with Gasteiger partial charge >= 0.3 is 5.97 Å². The number of aliphatic hydroxyl groups is 1. The summed E-state index contributed by atoms with van der Waals surface area (Å²) in [6, 6.07) is 2.94. The Kier molecular flexibility index (Phi) is 2.31. The van der Waals surface area contributed by atoms with E-state index in [4.69, 9.17) is 9.52 Å². The molecule has 0 amide bonds. The van der Waals surface area contributed by atoms with Gasteiger partial charge in [0.1, 0.15) is 11.4 Å². The standard InChI is InChI=1S/C11H14O4/c1-7-4-5-11(14,6-7)9-3-2-8(15-9)10(12)13/h2-3,7,14H,4-6H2,1H3,(H,12,13). The van der Waals surface area contributed by atoms with Gasteiger partial charge in [0.15, 0.2) is 0 Å². The van der Waals surface area contributed by atoms with Crippen LogP contribution in [0, 0.1) is 5.92 Å². The predicted molar refractivity (Wildman–Crippen MR) is 52.6 cm³/mol. The second kappa shape index (κ2) is 3.38. The Hall–Kier alpha value is -1.29. The molecule has 4 heteroatoms. The van der Waals surface area contributed by atoms with Crippen molar-refractivity contribution in [2.45, 2.75) is 31.8 Å². The number of furan rings is 1. The van der Waals surface area contributed by atoms with Crippen molar-refractivity contribution in [1.82, 2.24) is 0 Å². The first-order valence-corrected chi connectivity index (χ1v) is 5.07. The molecule has 1 aromatic rings. The normalized spacial score (nSPS) is 30.7. The lowest BCUT2D eigenvalue weighted by molar-refractivity contribution is 0.0167. The van der Waals surface area contributed by atoms with E-state index in [1.54, 1.807) is 6.07 Å². The highest BCUT2D eigenvalue weighted by Crippen LogP contribution is 2.42. The van der Waals surface area contributed by atoms with Crippen LogP contribution in [0.4, 0.5) is 0 Å². The van der Waals surface area contributed by atoms with E-state index < -0.39 is 11.6 Å². The third-order valence-corrected chi connectivity index (χ3v) is 3.01. The maximum atomic E-state index is 10.6. The van der Waals surface area contributed by atoms with Crippen molar-refractivity contribution < 1.29 is 19.4 Å². The summed E-state index contributed by atoms with van der Waals surface area (Å²) >= 11 is 0. The van der Waals surface area contributed by atoms with Crippen molar-refractivity contribution >= 4 is 5.97 Å². The molecule has 2 unspecified atom stereocenters. The molecule has 2 atom stereocenters. The average molecular weight is 210 g/mol. The first-order valence-electron chi connectivity index (χ1n) is 5.07. The predicted octanol–water partition coefficient (Wildman–Crippen LogP) is 1.99. The van der Waals surface area contributed by atoms with E-state index in [0.717, 1.165) is 6.42 Å². The zero-order valence-electron chi connectivity index (χ0n) is 8.56. The number of hydrogen-bond donors (Lipinski definition) is 2. The molecule has 1 aliphatic carbocycles. The van der Waals surface area contributed by atoms with Crippen LogP contribution in [-0.2, 0) is 5.60 Å². The van der Waals surface area contributed by atoms with E-state index in [9.17, 15) is 9.90 Å². The summed E-state index contributed by atoms with van der Waals surface area (Å²) < 4.78 is 5.13. The summed E-state index contributed by atoms with van der Waals surface area (Å²) in [5, 5.41) is 18.9. The van der Waals surface area contributed by atoms with Crippen molar-refractivity contribution in [2.75, 3.05) is 0 Å². The summed E-state index contributed by atoms with van der Waals surface area (Å²) in [4.78, 5) is 10.6. The van der Waals surface area contributed by atoms with Crippen LogP contribution in [0.2, 0.25) is 0 Å². The van der Waals surface area contributed by atoms with Crippen molar-refractivity contribution in [1.29, 1.82) is 0 Å². The summed E-state index contributed by atoms with van der Waals surface area (Å²) in [5.41, 5.74) is -0.965. The van der Waals surface area contributed by atoms with Gasteiger partial charge in [-0.05, 0) is 37.3 Å². The first kappa shape index (κ1) is 10.2. The summed E-state index contributed by atoms with van der Waals surface area (Å²) in [6.07, 6.45) is 2.22. The van der Waals surface area contributed by atoms with E-state index in [1.165, 1.54) is 6.07 Å². The van der Waals surface area contributed by atoms with Gasteiger partial charge in [0.05, 0.1) is 0 Å². The fraction of sp³-hybridized carbons (Fsp3) is 0.545. The molecular formula is C11H14O4. The number of rotatable bonds is 2. The molecule has 1 aromatic heterocycles. The molecular weight excluding hydrogens is 196 g/mol. The molecule has 0 aromatic carbocycles. The van der Waals surface area contributed by atoms with Gasteiger partial charge in [-0.3, -0.25) is 0 Å². The van der Waals surface area contributed by atoms with Crippen LogP contribution in [0.25, 0.3) is 0 Å². The van der Waals surface area contributed by atoms with Crippen molar-refractivity contribution in [2.24, 2.45) is 5.92 Å². The molecule has 0 aliphatic heterocycles. The molecule has 0 saturated heterocycles. The highest BCUT2D eigenvalue weighted by atomic mass is 16.4. The fourth-order valence-corrected chi connectivity index (χ4v) is 2.19. The Morgan fingerprint density at radius 2 is 2.33 bits per heavy atom. The third kappa shape index (κ3) is 1.77. The second-order valence-corrected chi connectivity index (χ2v) is 4.35. The number of carboxylic acids is 1. The highest BCUT2D eigenvalue weighted by Gasteiger charge is 2.39. The van der Waals surface area contributed by atoms with Gasteiger partial charge in [-0.2, -0.15) is 0 Å². The van der Waals surface area contributed by atoms with E-state index >= 15 is 0 Å². The Morgan fingerprint density at radius 3 is 2.80 bits per heavy atom. The van der Waals surface area contributed by atoms with Crippen molar-refractivity contribution in [3.05, 3.63) is 23.7 Å². The number of hydrogen-bond acceptors (Lipinski definition) is 3. The van der Waals surface area contributed by atoms with Crippen LogP contribution in [0.15, 0.2) is 16.5 Å². The Morgan fingerprint density at radius 1 is 1.60 bits per heavy atom. The molecule has 1 heterocycles. The zero-order chi connectivity index (χ0) is 11.1. The zero-order valence-corrected chi connectivity index (χ0v) is 8.56. The lowest BCUT2D eigenvalue weighted by Gasteiger charge is -2.19. The maximum Gasteiger partial charge on any atom is 0.371 e. The quantitative estimate of drug-likeness (QED) is 0.783. The molecule has 2 rings (SSSR count). The van der Waals surface area contributed by atoms with Gasteiger partial charge in [0.25, 0.3) is 0 Å². The maximum absolute atomic E-state index is 10.6. The SMILES string of the molecule is CC1CCC(O)(c2ccc(C(=O)O)o2)C1. The van der Waals surface area contributed by atoms with E-state index in [1.807, 2.05) is 0 Å². The van der Waals surface area contributed by atoms with Crippen LogP contribution in [-0.4, -0.2) is 16.2 Å². The molecule has 0 radical (unpaired) electrons. The lowest BCUT2D eigenvalue weighted by Crippen LogP contribution is -2.20. The molecule has 1 aliphatic rings. The lowest BCUT2D eigenvalue weighted by atomic mass is 9.98. The Bertz CT molecular complexity index is 382. The van der Waals surface area contributed by atoms with Crippen LogP contribution in [0.1, 0.15) is 42.5 Å². The number of carboxylic acid groups (broad SMARTS) is 1. The van der Waals surface area contributed by atoms with E-state index in [0.29, 0.717) is 24.5 Å². The van der Waals surface area contributed by atoms with Gasteiger partial charge in [0.2, 0.25) is 5.76 Å². The molecule has 1 saturated carbocycles. The molecule has 0 bridgehead atoms. The fourth-order valence-electron chi connectivity index (χ4n) is 2.19. The second-order valence-electron chi connectivity index (χ2n) is 4.35. The van der Waals surface area contributed by atoms with Crippen LogP contribution < -0.4 is 0 Å². The van der Waals surface area contributed by atoms with E-state index in [2.05, 4.69) is 6.92 Å². The molecule has 4 nitrogen and oxygen atoms in total. The van der Waals surface area contributed by atoms with Crippen molar-refractivity contribution in [3.8, 4) is 0 Å². The third-order valence-electron chi connectivity index (χ3n) is 3.01. The smallest absolute Gasteiger partial charge is 0.371 e. The summed E-state index contributed by atoms with van der Waals surface area (Å²) in [6.45, 7) is 2.07. The van der Waals surface area contributed by atoms with Gasteiger partial charge in [0, 0.05) is 0 Å². The number of aromatic carboxylic acids is 1. The largest absolute Gasteiger partial charge is 0.475 e. The number of carbonyl (C=O) groups is 1. The Labute approximate surface area is 87.5 Å². The molecule has 82 valence electrons. The monoisotopic (exact) mass is 210 g/mol. The highest BCUT2D eigenvalue weighted by molar-refractivity contribution is 5.84. The summed E-state index contributed by atoms with van der Waals surface area (Å²) in [7, 11) is 0. The minimum absolute atomic E-state index is 0.113. The topological polar surface area (TPSA) is 70.7 Å². The van der Waals surface area contributed by atoms with Gasteiger partial charge in [-0.25, -0.2) is 4.79 Å². The first-order chi connectivity index (χ1) is 7.01. The van der Waals surface area contributed by atoms with Gasteiger partial charge in [-0.1, -0.05) is 6.92 Å². The van der Waals surface area contributed by atoms with E-state index in [-0.39, 0.29) is 5.76 Å². The average Bonchev–Trinajstić information content (AvgIpc) is 2.73. The molecule has 1 fully saturated rings. The Balaban J connectivity index is 2.25. The summed E-state index contributed by atoms with van der Waals surface area (Å²) in [5.74, 6) is -0.383. The molecule has 2 N–H and O–H groups in total. The molecule has 0 spiro atoms. The van der Waals surface area contributed by atoms with Crippen LogP contribution in [0.3, 0.4) is 0 Å². The minimum Gasteiger partial charge on any atom is -0.475 e. The van der Waals surface area contributed by atoms with Gasteiger partial charge in [-0.15, -0.1) is 0 Å². The van der Waals surface area contributed by atoms with Crippen LogP contribution >= 0.6 is 0 Å². The molecule has 15 heavy (non-hydrogen) atoms. The minimum atomic E-state index is -1.10.